The Morgan fingerprint density at radius 3 is 2.38 bits per heavy atom. The number of hydrogen-bond donors (Lipinski definition) is 1. The summed E-state index contributed by atoms with van der Waals surface area (Å²) in [5.41, 5.74) is 0. The van der Waals surface area contributed by atoms with Gasteiger partial charge in [0.1, 0.15) is 5.75 Å². The van der Waals surface area contributed by atoms with Crippen LogP contribution in [0.25, 0.3) is 0 Å². The Morgan fingerprint density at radius 2 is 1.79 bits per heavy atom. The quantitative estimate of drug-likeness (QED) is 0.884. The van der Waals surface area contributed by atoms with Gasteiger partial charge in [0.15, 0.2) is 0 Å². The highest BCUT2D eigenvalue weighted by molar-refractivity contribution is 7.89. The van der Waals surface area contributed by atoms with E-state index < -0.39 is 10.0 Å². The predicted octanol–water partition coefficient (Wildman–Crippen LogP) is 1.16. The van der Waals surface area contributed by atoms with Gasteiger partial charge < -0.3 is 9.64 Å². The Labute approximate surface area is 145 Å². The highest BCUT2D eigenvalue weighted by atomic mass is 32.2. The average Bonchev–Trinajstić information content (AvgIpc) is 2.62. The molecule has 2 atom stereocenters. The predicted molar refractivity (Wildman–Crippen MR) is 93.9 cm³/mol. The van der Waals surface area contributed by atoms with E-state index in [1.807, 2.05) is 0 Å². The fourth-order valence-corrected chi connectivity index (χ4v) is 5.57. The van der Waals surface area contributed by atoms with Gasteiger partial charge in [-0.3, -0.25) is 0 Å². The Morgan fingerprint density at radius 1 is 1.12 bits per heavy atom. The van der Waals surface area contributed by atoms with Crippen molar-refractivity contribution < 1.29 is 18.1 Å². The number of nitrogens with zero attached hydrogens (tertiary/aromatic N) is 1. The van der Waals surface area contributed by atoms with Gasteiger partial charge in [-0.15, -0.1) is 0 Å². The Bertz CT molecular complexity index is 637. The molecule has 3 rings (SSSR count). The number of hydrogen-bond acceptors (Lipinski definition) is 3. The molecule has 1 aromatic carbocycles. The molecule has 2 fully saturated rings. The van der Waals surface area contributed by atoms with Crippen LogP contribution >= 0.6 is 0 Å². The van der Waals surface area contributed by atoms with Crippen molar-refractivity contribution >= 4 is 10.0 Å². The summed E-state index contributed by atoms with van der Waals surface area (Å²) in [4.78, 5) is 1.96. The lowest BCUT2D eigenvalue weighted by atomic mass is 9.86. The molecule has 134 valence electrons. The summed E-state index contributed by atoms with van der Waals surface area (Å²) in [7, 11) is -1.81. The van der Waals surface area contributed by atoms with Gasteiger partial charge in [0.05, 0.1) is 44.2 Å². The number of rotatable bonds is 4. The number of nitrogens with one attached hydrogen (secondary N) is 1. The van der Waals surface area contributed by atoms with Crippen molar-refractivity contribution in [1.82, 2.24) is 4.31 Å². The SMILES string of the molecule is COc1ccc(S(=O)(=O)N2CC[NH+]([C@H]3CCC[C@H](C)C3)CC2)cc1. The molecule has 0 unspecified atom stereocenters. The van der Waals surface area contributed by atoms with Gasteiger partial charge in [-0.1, -0.05) is 13.3 Å². The van der Waals surface area contributed by atoms with Gasteiger partial charge in [-0.05, 0) is 43.0 Å². The summed E-state index contributed by atoms with van der Waals surface area (Å²) in [5.74, 6) is 1.49. The maximum absolute atomic E-state index is 12.8. The van der Waals surface area contributed by atoms with Crippen molar-refractivity contribution in [1.29, 1.82) is 0 Å². The summed E-state index contributed by atoms with van der Waals surface area (Å²) < 4.78 is 32.3. The van der Waals surface area contributed by atoms with Crippen LogP contribution in [-0.2, 0) is 10.0 Å². The molecule has 5 nitrogen and oxygen atoms in total. The van der Waals surface area contributed by atoms with E-state index in [0.29, 0.717) is 23.7 Å². The normalized spacial score (nSPS) is 27.1. The van der Waals surface area contributed by atoms with Gasteiger partial charge >= 0.3 is 0 Å². The molecule has 24 heavy (non-hydrogen) atoms. The van der Waals surface area contributed by atoms with Crippen LogP contribution in [0, 0.1) is 5.92 Å². The van der Waals surface area contributed by atoms with E-state index in [1.54, 1.807) is 40.6 Å². The molecule has 1 saturated heterocycles. The molecule has 6 heteroatoms. The average molecular weight is 354 g/mol. The summed E-state index contributed by atoms with van der Waals surface area (Å²) in [6, 6.07) is 7.40. The van der Waals surface area contributed by atoms with E-state index in [4.69, 9.17) is 4.74 Å². The van der Waals surface area contributed by atoms with E-state index in [-0.39, 0.29) is 0 Å². The molecule has 1 heterocycles. The zero-order valence-corrected chi connectivity index (χ0v) is 15.5. The van der Waals surface area contributed by atoms with Crippen LogP contribution in [0.15, 0.2) is 29.2 Å². The molecular formula is C18H29N2O3S+. The lowest BCUT2D eigenvalue weighted by molar-refractivity contribution is -0.930. The smallest absolute Gasteiger partial charge is 0.243 e. The highest BCUT2D eigenvalue weighted by Crippen LogP contribution is 2.23. The van der Waals surface area contributed by atoms with Gasteiger partial charge in [-0.25, -0.2) is 8.42 Å². The van der Waals surface area contributed by atoms with Crippen LogP contribution in [-0.4, -0.2) is 52.1 Å². The zero-order chi connectivity index (χ0) is 17.2. The molecule has 0 aromatic heterocycles. The molecule has 0 bridgehead atoms. The highest BCUT2D eigenvalue weighted by Gasteiger charge is 2.34. The molecule has 1 saturated carbocycles. The molecule has 2 aliphatic rings. The Kier molecular flexibility index (Phi) is 5.47. The second-order valence-corrected chi connectivity index (χ2v) is 9.14. The Hall–Kier alpha value is -1.11. The van der Waals surface area contributed by atoms with Crippen LogP contribution in [0.2, 0.25) is 0 Å². The first-order valence-electron chi connectivity index (χ1n) is 8.99. The van der Waals surface area contributed by atoms with Crippen LogP contribution in [0.3, 0.4) is 0 Å². The van der Waals surface area contributed by atoms with Gasteiger partial charge in [0.2, 0.25) is 10.0 Å². The molecule has 0 amide bonds. The van der Waals surface area contributed by atoms with E-state index in [1.165, 1.54) is 25.7 Å². The molecular weight excluding hydrogens is 324 g/mol. The fraction of sp³-hybridized carbons (Fsp3) is 0.667. The minimum Gasteiger partial charge on any atom is -0.497 e. The van der Waals surface area contributed by atoms with Crippen molar-refractivity contribution in [3.8, 4) is 5.75 Å². The number of benzene rings is 1. The third-order valence-corrected chi connectivity index (χ3v) is 7.49. The fourth-order valence-electron chi connectivity index (χ4n) is 4.12. The second-order valence-electron chi connectivity index (χ2n) is 7.21. The monoisotopic (exact) mass is 353 g/mol. The first-order chi connectivity index (χ1) is 11.5. The second kappa shape index (κ2) is 7.42. The number of sulfonamides is 1. The summed E-state index contributed by atoms with van der Waals surface area (Å²) in [6.07, 6.45) is 5.26. The lowest BCUT2D eigenvalue weighted by Gasteiger charge is -2.38. The molecule has 1 N–H and O–H groups in total. The largest absolute Gasteiger partial charge is 0.497 e. The van der Waals surface area contributed by atoms with Gasteiger partial charge in [0, 0.05) is 6.42 Å². The zero-order valence-electron chi connectivity index (χ0n) is 14.7. The van der Waals surface area contributed by atoms with E-state index in [2.05, 4.69) is 6.92 Å². The van der Waals surface area contributed by atoms with E-state index >= 15 is 0 Å². The number of piperazine rings is 1. The Balaban J connectivity index is 1.62. The van der Waals surface area contributed by atoms with Crippen molar-refractivity contribution in [3.05, 3.63) is 24.3 Å². The standard InChI is InChI=1S/C18H28N2O3S/c1-15-4-3-5-16(14-15)19-10-12-20(13-11-19)24(21,22)18-8-6-17(23-2)7-9-18/h6-9,15-16H,3-5,10-14H2,1-2H3/p+1/t15-,16-/m0/s1. The summed E-state index contributed by atoms with van der Waals surface area (Å²) >= 11 is 0. The van der Waals surface area contributed by atoms with Crippen LogP contribution in [0.1, 0.15) is 32.6 Å². The van der Waals surface area contributed by atoms with Crippen molar-refractivity contribution in [2.75, 3.05) is 33.3 Å². The van der Waals surface area contributed by atoms with Gasteiger partial charge in [0.25, 0.3) is 0 Å². The molecule has 1 aliphatic carbocycles. The van der Waals surface area contributed by atoms with E-state index in [0.717, 1.165) is 25.0 Å². The third kappa shape index (κ3) is 3.76. The summed E-state index contributed by atoms with van der Waals surface area (Å²) in [5, 5.41) is 0. The number of quaternary nitrogens is 1. The topological polar surface area (TPSA) is 51.1 Å². The van der Waals surface area contributed by atoms with E-state index in [9.17, 15) is 8.42 Å². The van der Waals surface area contributed by atoms with Crippen LogP contribution in [0.4, 0.5) is 0 Å². The number of methoxy groups -OCH3 is 1. The molecule has 1 aromatic rings. The molecule has 0 radical (unpaired) electrons. The molecule has 1 aliphatic heterocycles. The first-order valence-corrected chi connectivity index (χ1v) is 10.4. The van der Waals surface area contributed by atoms with Crippen molar-refractivity contribution in [2.45, 2.75) is 43.5 Å². The maximum Gasteiger partial charge on any atom is 0.243 e. The minimum absolute atomic E-state index is 0.359. The summed E-state index contributed by atoms with van der Waals surface area (Å²) in [6.45, 7) is 5.43. The lowest BCUT2D eigenvalue weighted by Crippen LogP contribution is -3.18. The van der Waals surface area contributed by atoms with Crippen molar-refractivity contribution in [2.24, 2.45) is 5.92 Å². The minimum atomic E-state index is -3.39. The van der Waals surface area contributed by atoms with Crippen LogP contribution < -0.4 is 9.64 Å². The first kappa shape index (κ1) is 17.7. The molecule has 0 spiro atoms. The third-order valence-electron chi connectivity index (χ3n) is 5.58. The maximum atomic E-state index is 12.8. The van der Waals surface area contributed by atoms with Crippen molar-refractivity contribution in [3.63, 3.8) is 0 Å². The van der Waals surface area contributed by atoms with Gasteiger partial charge in [-0.2, -0.15) is 4.31 Å². The number of ether oxygens (including phenoxy) is 1. The van der Waals surface area contributed by atoms with Crippen LogP contribution in [0.5, 0.6) is 5.75 Å².